The van der Waals surface area contributed by atoms with Crippen LogP contribution in [0, 0.1) is 0 Å². The highest BCUT2D eigenvalue weighted by Gasteiger charge is 2.26. The number of nitrogens with one attached hydrogen (secondary N) is 1. The minimum Gasteiger partial charge on any atom is -0.507 e. The van der Waals surface area contributed by atoms with Gasteiger partial charge in [-0.1, -0.05) is 96.1 Å². The van der Waals surface area contributed by atoms with Gasteiger partial charge in [-0.15, -0.1) is 0 Å². The van der Waals surface area contributed by atoms with Crippen LogP contribution in [0.5, 0.6) is 11.5 Å². The van der Waals surface area contributed by atoms with Crippen LogP contribution in [-0.4, -0.2) is 17.2 Å². The van der Waals surface area contributed by atoms with Gasteiger partial charge in [0.2, 0.25) is 5.91 Å². The van der Waals surface area contributed by atoms with Crippen LogP contribution >= 0.6 is 0 Å². The molecule has 5 nitrogen and oxygen atoms in total. The Kier molecular flexibility index (Phi) is 8.57. The first-order valence-corrected chi connectivity index (χ1v) is 12.4. The number of amides is 1. The van der Waals surface area contributed by atoms with Crippen LogP contribution in [0.2, 0.25) is 0 Å². The van der Waals surface area contributed by atoms with Crippen LogP contribution in [0.3, 0.4) is 0 Å². The second-order valence-electron chi connectivity index (χ2n) is 11.1. The largest absolute Gasteiger partial charge is 0.507 e. The van der Waals surface area contributed by atoms with Crippen molar-refractivity contribution in [3.63, 3.8) is 0 Å². The number of rotatable bonds is 8. The Hall–Kier alpha value is -3.60. The van der Waals surface area contributed by atoms with Gasteiger partial charge in [0.1, 0.15) is 18.1 Å². The number of hydrogen-bond acceptors (Lipinski definition) is 4. The van der Waals surface area contributed by atoms with Crippen molar-refractivity contribution in [2.75, 3.05) is 0 Å². The number of para-hydroxylation sites is 1. The summed E-state index contributed by atoms with van der Waals surface area (Å²) in [5.41, 5.74) is 6.91. The number of hydrogen-bond donors (Lipinski definition) is 2. The Morgan fingerprint density at radius 3 is 2.08 bits per heavy atom. The lowest BCUT2D eigenvalue weighted by Crippen LogP contribution is -2.20. The van der Waals surface area contributed by atoms with Crippen molar-refractivity contribution in [1.82, 2.24) is 5.43 Å². The van der Waals surface area contributed by atoms with Crippen molar-refractivity contribution in [3.8, 4) is 11.5 Å². The van der Waals surface area contributed by atoms with E-state index >= 15 is 0 Å². The van der Waals surface area contributed by atoms with E-state index in [2.05, 4.69) is 52.1 Å². The van der Waals surface area contributed by atoms with E-state index in [1.807, 2.05) is 66.7 Å². The third kappa shape index (κ3) is 7.45. The monoisotopic (exact) mass is 486 g/mol. The molecule has 0 saturated carbocycles. The van der Waals surface area contributed by atoms with Gasteiger partial charge in [-0.05, 0) is 51.6 Å². The zero-order valence-electron chi connectivity index (χ0n) is 22.3. The standard InChI is InChI=1S/C31H38N2O3/c1-30(2,3)25-18-23(19-26(29(25)35)31(4,5)6)16-17-28(34)33-32-20-24-14-10-11-15-27(24)36-21-22-12-8-7-9-13-22/h7-15,18-20,35H,16-17,21H2,1-6H3,(H,33,34)/b32-20-. The number of nitrogens with zero attached hydrogens (tertiary/aromatic N) is 1. The number of carbonyl (C=O) groups is 1. The fourth-order valence-corrected chi connectivity index (χ4v) is 3.92. The first-order valence-electron chi connectivity index (χ1n) is 12.4. The Labute approximate surface area is 215 Å². The highest BCUT2D eigenvalue weighted by molar-refractivity contribution is 5.85. The van der Waals surface area contributed by atoms with E-state index in [0.717, 1.165) is 27.8 Å². The van der Waals surface area contributed by atoms with Crippen molar-refractivity contribution >= 4 is 12.1 Å². The predicted molar refractivity (Wildman–Crippen MR) is 147 cm³/mol. The van der Waals surface area contributed by atoms with Crippen molar-refractivity contribution in [2.24, 2.45) is 5.10 Å². The average Bonchev–Trinajstić information content (AvgIpc) is 2.82. The first kappa shape index (κ1) is 27.0. The smallest absolute Gasteiger partial charge is 0.240 e. The van der Waals surface area contributed by atoms with Crippen LogP contribution in [0.4, 0.5) is 0 Å². The molecule has 0 aromatic heterocycles. The Bertz CT molecular complexity index is 1170. The van der Waals surface area contributed by atoms with Crippen LogP contribution in [0.15, 0.2) is 71.8 Å². The Morgan fingerprint density at radius 2 is 1.47 bits per heavy atom. The summed E-state index contributed by atoms with van der Waals surface area (Å²) in [5.74, 6) is 0.880. The molecule has 0 saturated heterocycles. The maximum atomic E-state index is 12.5. The van der Waals surface area contributed by atoms with Gasteiger partial charge in [-0.2, -0.15) is 5.10 Å². The number of benzene rings is 3. The summed E-state index contributed by atoms with van der Waals surface area (Å²) in [7, 11) is 0. The molecule has 36 heavy (non-hydrogen) atoms. The van der Waals surface area contributed by atoms with Crippen LogP contribution in [-0.2, 0) is 28.7 Å². The van der Waals surface area contributed by atoms with Gasteiger partial charge in [0.15, 0.2) is 0 Å². The Balaban J connectivity index is 1.63. The molecule has 3 aromatic rings. The minimum absolute atomic E-state index is 0.170. The van der Waals surface area contributed by atoms with Crippen molar-refractivity contribution in [3.05, 3.63) is 94.5 Å². The second-order valence-corrected chi connectivity index (χ2v) is 11.1. The van der Waals surface area contributed by atoms with E-state index in [0.29, 0.717) is 30.9 Å². The molecule has 0 unspecified atom stereocenters. The molecule has 0 radical (unpaired) electrons. The van der Waals surface area contributed by atoms with Gasteiger partial charge in [-0.25, -0.2) is 5.43 Å². The molecule has 0 bridgehead atoms. The highest BCUT2D eigenvalue weighted by Crippen LogP contribution is 2.40. The number of phenolic OH excluding ortho intramolecular Hbond substituents is 1. The molecule has 0 aliphatic heterocycles. The summed E-state index contributed by atoms with van der Waals surface area (Å²) >= 11 is 0. The van der Waals surface area contributed by atoms with E-state index in [1.165, 1.54) is 0 Å². The zero-order valence-corrected chi connectivity index (χ0v) is 22.3. The van der Waals surface area contributed by atoms with Gasteiger partial charge in [0, 0.05) is 12.0 Å². The molecule has 0 atom stereocenters. The molecule has 0 aliphatic rings. The summed E-state index contributed by atoms with van der Waals surface area (Å²) < 4.78 is 5.95. The maximum absolute atomic E-state index is 12.5. The van der Waals surface area contributed by atoms with E-state index in [4.69, 9.17) is 4.74 Å². The fraction of sp³-hybridized carbons (Fsp3) is 0.355. The number of phenols is 1. The second kappa shape index (κ2) is 11.4. The lowest BCUT2D eigenvalue weighted by Gasteiger charge is -2.28. The van der Waals surface area contributed by atoms with E-state index in [9.17, 15) is 9.90 Å². The molecule has 1 amide bonds. The average molecular weight is 487 g/mol. The summed E-state index contributed by atoms with van der Waals surface area (Å²) in [6, 6.07) is 21.6. The molecule has 5 heteroatoms. The number of aryl methyl sites for hydroxylation is 1. The van der Waals surface area contributed by atoms with Gasteiger partial charge >= 0.3 is 0 Å². The van der Waals surface area contributed by atoms with Gasteiger partial charge in [-0.3, -0.25) is 4.79 Å². The number of ether oxygens (including phenoxy) is 1. The normalized spacial score (nSPS) is 12.1. The SMILES string of the molecule is CC(C)(C)c1cc(CCC(=O)N/N=C\c2ccccc2OCc2ccccc2)cc(C(C)(C)C)c1O. The van der Waals surface area contributed by atoms with E-state index in [-0.39, 0.29) is 16.7 Å². The van der Waals surface area contributed by atoms with Crippen LogP contribution < -0.4 is 10.2 Å². The molecule has 0 spiro atoms. The first-order chi connectivity index (χ1) is 16.9. The molecule has 3 rings (SSSR count). The van der Waals surface area contributed by atoms with Crippen molar-refractivity contribution < 1.29 is 14.6 Å². The molecule has 3 aromatic carbocycles. The summed E-state index contributed by atoms with van der Waals surface area (Å²) in [6.07, 6.45) is 2.46. The lowest BCUT2D eigenvalue weighted by atomic mass is 9.78. The summed E-state index contributed by atoms with van der Waals surface area (Å²) in [4.78, 5) is 12.5. The molecule has 0 aliphatic carbocycles. The number of hydrazone groups is 1. The van der Waals surface area contributed by atoms with Crippen LogP contribution in [0.25, 0.3) is 0 Å². The zero-order chi connectivity index (χ0) is 26.3. The third-order valence-corrected chi connectivity index (χ3v) is 5.98. The molecular weight excluding hydrogens is 448 g/mol. The topological polar surface area (TPSA) is 70.9 Å². The Morgan fingerprint density at radius 1 is 0.889 bits per heavy atom. The fourth-order valence-electron chi connectivity index (χ4n) is 3.92. The maximum Gasteiger partial charge on any atom is 0.240 e. The summed E-state index contributed by atoms with van der Waals surface area (Å²) in [6.45, 7) is 13.0. The summed E-state index contributed by atoms with van der Waals surface area (Å²) in [5, 5.41) is 15.1. The molecule has 0 heterocycles. The van der Waals surface area contributed by atoms with Gasteiger partial charge < -0.3 is 9.84 Å². The molecular formula is C31H38N2O3. The van der Waals surface area contributed by atoms with E-state index in [1.54, 1.807) is 6.21 Å². The van der Waals surface area contributed by atoms with Gasteiger partial charge in [0.25, 0.3) is 0 Å². The van der Waals surface area contributed by atoms with Crippen molar-refractivity contribution in [1.29, 1.82) is 0 Å². The third-order valence-electron chi connectivity index (χ3n) is 5.98. The highest BCUT2D eigenvalue weighted by atomic mass is 16.5. The minimum atomic E-state index is -0.206. The molecule has 190 valence electrons. The quantitative estimate of drug-likeness (QED) is 0.277. The van der Waals surface area contributed by atoms with E-state index < -0.39 is 0 Å². The van der Waals surface area contributed by atoms with Crippen LogP contribution in [0.1, 0.15) is 75.8 Å². The molecule has 2 N–H and O–H groups in total. The molecule has 0 fully saturated rings. The lowest BCUT2D eigenvalue weighted by molar-refractivity contribution is -0.121. The predicted octanol–water partition coefficient (Wildman–Crippen LogP) is 6.65. The van der Waals surface area contributed by atoms with Crippen molar-refractivity contribution in [2.45, 2.75) is 71.8 Å². The number of carbonyl (C=O) groups excluding carboxylic acids is 1. The van der Waals surface area contributed by atoms with Gasteiger partial charge in [0.05, 0.1) is 6.21 Å². The number of aromatic hydroxyl groups is 1.